The highest BCUT2D eigenvalue weighted by atomic mass is 16.6. The largest absolute Gasteiger partial charge is 0.494 e. The molecule has 19 nitrogen and oxygen atoms in total. The molecule has 0 saturated carbocycles. The molecular formula is C76H81N5O14. The Balaban J connectivity index is 0.613. The van der Waals surface area contributed by atoms with Crippen molar-refractivity contribution in [3.05, 3.63) is 188 Å². The number of aromatic nitrogens is 5. The van der Waals surface area contributed by atoms with Gasteiger partial charge in [0.25, 0.3) is 0 Å². The van der Waals surface area contributed by atoms with Gasteiger partial charge in [-0.2, -0.15) is 0 Å². The second-order valence-electron chi connectivity index (χ2n) is 22.3. The molecule has 19 heteroatoms. The van der Waals surface area contributed by atoms with Crippen molar-refractivity contribution in [2.24, 2.45) is 5.92 Å². The highest BCUT2D eigenvalue weighted by Gasteiger charge is 2.13. The average Bonchev–Trinajstić information content (AvgIpc) is 0.795. The SMILES string of the molecule is CC1CCCOc2ccc(cn2)-c2cccc(n2)-c2ccc(nc2)OCCOCCOCCOc2ccc(cc2)OCCOCCOCCOc2ccc(cc2)-c2ccc3ccc4ccc(nc4c3n2)-c2ccc(cc2)OCCOCCOCCOc2ccc(cc2)OCC1. The first-order valence-electron chi connectivity index (χ1n) is 32.5. The van der Waals surface area contributed by atoms with Crippen LogP contribution < -0.4 is 37.9 Å². The van der Waals surface area contributed by atoms with Crippen molar-refractivity contribution in [3.63, 3.8) is 0 Å². The van der Waals surface area contributed by atoms with E-state index in [9.17, 15) is 0 Å². The predicted molar refractivity (Wildman–Crippen MR) is 363 cm³/mol. The van der Waals surface area contributed by atoms with Crippen molar-refractivity contribution in [3.8, 4) is 91.3 Å². The average molecular weight is 1290 g/mol. The maximum atomic E-state index is 6.05. The summed E-state index contributed by atoms with van der Waals surface area (Å²) in [4.78, 5) is 24.2. The van der Waals surface area contributed by atoms with E-state index in [0.717, 1.165) is 121 Å². The fraction of sp³-hybridized carbons (Fsp3) is 0.329. The lowest BCUT2D eigenvalue weighted by molar-refractivity contribution is 0.0268. The predicted octanol–water partition coefficient (Wildman–Crippen LogP) is 13.7. The van der Waals surface area contributed by atoms with Gasteiger partial charge in [0.15, 0.2) is 0 Å². The van der Waals surface area contributed by atoms with Crippen LogP contribution in [0, 0.1) is 5.92 Å². The monoisotopic (exact) mass is 1290 g/mol. The summed E-state index contributed by atoms with van der Waals surface area (Å²) in [5.41, 5.74) is 8.65. The number of pyridine rings is 5. The highest BCUT2D eigenvalue weighted by Crippen LogP contribution is 2.31. The van der Waals surface area contributed by atoms with Gasteiger partial charge in [-0.3, -0.25) is 0 Å². The smallest absolute Gasteiger partial charge is 0.213 e. The number of benzene rings is 5. The molecule has 18 rings (SSSR count). The van der Waals surface area contributed by atoms with Crippen LogP contribution in [-0.2, 0) is 28.4 Å². The molecule has 0 saturated heterocycles. The van der Waals surface area contributed by atoms with E-state index in [2.05, 4.69) is 41.2 Å². The molecule has 0 aliphatic carbocycles. The molecule has 95 heavy (non-hydrogen) atoms. The molecule has 1 atom stereocenters. The lowest BCUT2D eigenvalue weighted by Crippen LogP contribution is -2.14. The zero-order valence-corrected chi connectivity index (χ0v) is 53.7. The first-order valence-corrected chi connectivity index (χ1v) is 32.5. The summed E-state index contributed by atoms with van der Waals surface area (Å²) in [5, 5.41) is 2.02. The lowest BCUT2D eigenvalue weighted by atomic mass is 10.0. The second kappa shape index (κ2) is 36.8. The summed E-state index contributed by atoms with van der Waals surface area (Å²) in [6.45, 7) is 11.0. The Labute approximate surface area is 554 Å². The molecule has 8 aliphatic rings. The molecule has 10 aromatic rings. The quantitative estimate of drug-likeness (QED) is 0.130. The Kier molecular flexibility index (Phi) is 26.0. The zero-order valence-electron chi connectivity index (χ0n) is 53.7. The van der Waals surface area contributed by atoms with Gasteiger partial charge in [-0.15, -0.1) is 0 Å². The molecule has 5 aromatic heterocycles. The van der Waals surface area contributed by atoms with Gasteiger partial charge in [0.05, 0.1) is 126 Å². The normalized spacial score (nSPS) is 16.7. The molecule has 0 radical (unpaired) electrons. The highest BCUT2D eigenvalue weighted by molar-refractivity contribution is 6.04. The molecule has 13 heterocycles. The minimum atomic E-state index is 0.351. The molecule has 0 spiro atoms. The molecule has 0 N–H and O–H groups in total. The van der Waals surface area contributed by atoms with Gasteiger partial charge < -0.3 is 66.3 Å². The van der Waals surface area contributed by atoms with Crippen LogP contribution in [-0.4, -0.2) is 157 Å². The first-order chi connectivity index (χ1) is 47.0. The molecule has 494 valence electrons. The van der Waals surface area contributed by atoms with Crippen LogP contribution in [0.25, 0.3) is 66.8 Å². The van der Waals surface area contributed by atoms with Gasteiger partial charge in [-0.05, 0) is 159 Å². The van der Waals surface area contributed by atoms with E-state index < -0.39 is 0 Å². The number of rotatable bonds is 0. The molecule has 1 unspecified atom stereocenters. The van der Waals surface area contributed by atoms with Crippen LogP contribution in [0.1, 0.15) is 26.2 Å². The maximum Gasteiger partial charge on any atom is 0.213 e. The van der Waals surface area contributed by atoms with E-state index in [1.54, 1.807) is 12.4 Å². The molecular weight excluding hydrogens is 1210 g/mol. The number of hydrogen-bond donors (Lipinski definition) is 0. The summed E-state index contributed by atoms with van der Waals surface area (Å²) in [5.74, 6) is 6.06. The third-order valence-corrected chi connectivity index (χ3v) is 15.3. The Morgan fingerprint density at radius 3 is 0.937 bits per heavy atom. The Bertz CT molecular complexity index is 3870. The minimum absolute atomic E-state index is 0.351. The summed E-state index contributed by atoms with van der Waals surface area (Å²) >= 11 is 0. The van der Waals surface area contributed by atoms with E-state index >= 15 is 0 Å². The molecule has 0 fully saturated rings. The molecule has 8 aliphatic heterocycles. The zero-order chi connectivity index (χ0) is 64.7. The van der Waals surface area contributed by atoms with Crippen LogP contribution in [0.3, 0.4) is 0 Å². The van der Waals surface area contributed by atoms with Crippen molar-refractivity contribution in [2.45, 2.75) is 26.2 Å². The van der Waals surface area contributed by atoms with Crippen LogP contribution >= 0.6 is 0 Å². The van der Waals surface area contributed by atoms with Crippen molar-refractivity contribution >= 4 is 21.8 Å². The number of nitrogens with zero attached hydrogens (tertiary/aromatic N) is 5. The number of hydrogen-bond acceptors (Lipinski definition) is 19. The number of fused-ring (bicyclic) bond motifs is 4. The van der Waals surface area contributed by atoms with Crippen LogP contribution in [0.2, 0.25) is 0 Å². The summed E-state index contributed by atoms with van der Waals surface area (Å²) in [6.07, 6.45) is 6.40. The van der Waals surface area contributed by atoms with Crippen molar-refractivity contribution in [1.29, 1.82) is 0 Å². The van der Waals surface area contributed by atoms with Gasteiger partial charge in [0.1, 0.15) is 74.1 Å². The second-order valence-corrected chi connectivity index (χ2v) is 22.3. The topological polar surface area (TPSA) is 194 Å². The van der Waals surface area contributed by atoms with Crippen molar-refractivity contribution in [2.75, 3.05) is 132 Å². The van der Waals surface area contributed by atoms with E-state index in [0.29, 0.717) is 150 Å². The fourth-order valence-electron chi connectivity index (χ4n) is 10.2. The summed E-state index contributed by atoms with van der Waals surface area (Å²) in [6, 6.07) is 57.0. The van der Waals surface area contributed by atoms with Gasteiger partial charge in [0.2, 0.25) is 11.8 Å². The van der Waals surface area contributed by atoms with E-state index in [-0.39, 0.29) is 0 Å². The Morgan fingerprint density at radius 1 is 0.263 bits per heavy atom. The van der Waals surface area contributed by atoms with Crippen LogP contribution in [0.4, 0.5) is 0 Å². The van der Waals surface area contributed by atoms with E-state index in [4.69, 9.17) is 81.3 Å². The fourth-order valence-corrected chi connectivity index (χ4v) is 10.2. The summed E-state index contributed by atoms with van der Waals surface area (Å²) < 4.78 is 81.8. The van der Waals surface area contributed by atoms with Gasteiger partial charge in [-0.1, -0.05) is 37.3 Å². The van der Waals surface area contributed by atoms with E-state index in [1.807, 2.05) is 152 Å². The molecule has 0 amide bonds. The van der Waals surface area contributed by atoms with Crippen molar-refractivity contribution in [1.82, 2.24) is 24.9 Å². The maximum absolute atomic E-state index is 6.05. The van der Waals surface area contributed by atoms with E-state index in [1.165, 1.54) is 0 Å². The van der Waals surface area contributed by atoms with Gasteiger partial charge >= 0.3 is 0 Å². The van der Waals surface area contributed by atoms with Gasteiger partial charge in [0, 0.05) is 57.6 Å². The number of ether oxygens (including phenoxy) is 14. The lowest BCUT2D eigenvalue weighted by Gasteiger charge is -2.13. The standard InChI is InChI=1S/C76H81N5O14/c1-56-4-3-34-94-73-31-15-61(54-77-73)69-5-2-6-70(79-69)62-16-32-74(78-55-62)95-53-47-87-41-40-86-46-52-93-68-27-25-67(26-28-68)92-51-45-85-39-37-83-43-49-90-64-19-11-58(12-20-64)72-30-14-60-8-7-59-13-29-71(80-75(59)76(60)81-72)57-9-17-63(18-10-57)89-48-42-82-36-38-84-44-50-91-66-23-21-65(22-24-66)88-35-33-56/h2,5-32,54-56H,3-4,33-53H2,1H3. The molecule has 5 aromatic carbocycles. The van der Waals surface area contributed by atoms with Crippen LogP contribution in [0.5, 0.6) is 46.3 Å². The third kappa shape index (κ3) is 21.5. The minimum Gasteiger partial charge on any atom is -0.494 e. The third-order valence-electron chi connectivity index (χ3n) is 15.3. The summed E-state index contributed by atoms with van der Waals surface area (Å²) in [7, 11) is 0. The van der Waals surface area contributed by atoms with Gasteiger partial charge in [-0.25, -0.2) is 24.9 Å². The molecule has 18 bridgehead atoms. The Morgan fingerprint density at radius 2 is 0.568 bits per heavy atom. The first kappa shape index (κ1) is 67.0. The Hall–Kier alpha value is -9.47. The van der Waals surface area contributed by atoms with Crippen molar-refractivity contribution < 1.29 is 66.3 Å². The van der Waals surface area contributed by atoms with Crippen LogP contribution in [0.15, 0.2) is 188 Å².